The quantitative estimate of drug-likeness (QED) is 0.715. The van der Waals surface area contributed by atoms with Crippen LogP contribution in [-0.4, -0.2) is 55.8 Å². The number of nitriles is 1. The first-order valence-electron chi connectivity index (χ1n) is 10.5. The first kappa shape index (κ1) is 21.0. The average molecular weight is 397 g/mol. The summed E-state index contributed by atoms with van der Waals surface area (Å²) in [5.74, 6) is -0.684. The molecule has 0 bridgehead atoms. The molecule has 7 nitrogen and oxygen atoms in total. The monoisotopic (exact) mass is 396 g/mol. The number of aromatic nitrogens is 2. The number of carbonyl (C=O) groups excluding carboxylic acids is 1. The highest BCUT2D eigenvalue weighted by Crippen LogP contribution is 2.28. The van der Waals surface area contributed by atoms with Crippen molar-refractivity contribution in [3.63, 3.8) is 0 Å². The van der Waals surface area contributed by atoms with Crippen molar-refractivity contribution in [2.24, 2.45) is 5.92 Å². The molecule has 7 heteroatoms. The maximum atomic E-state index is 12.8. The molecular formula is C22H30N5O2+. The van der Waals surface area contributed by atoms with E-state index in [1.165, 1.54) is 4.90 Å². The smallest absolute Gasteiger partial charge is 0.329 e. The van der Waals surface area contributed by atoms with Gasteiger partial charge in [-0.3, -0.25) is 4.79 Å². The minimum Gasteiger partial charge on any atom is -0.464 e. The van der Waals surface area contributed by atoms with E-state index in [1.807, 2.05) is 24.3 Å². The Balaban J connectivity index is 1.95. The first-order chi connectivity index (χ1) is 14.1. The molecule has 1 saturated heterocycles. The highest BCUT2D eigenvalue weighted by molar-refractivity contribution is 5.85. The molecule has 3 rings (SSSR count). The number of ether oxygens (including phenoxy) is 1. The number of nitrogens with one attached hydrogen (secondary N) is 1. The first-order valence-corrected chi connectivity index (χ1v) is 10.5. The van der Waals surface area contributed by atoms with Crippen LogP contribution >= 0.6 is 0 Å². The number of carbonyl (C=O) groups is 1. The van der Waals surface area contributed by atoms with Gasteiger partial charge in [-0.15, -0.1) is 0 Å². The molecule has 1 fully saturated rings. The molecule has 0 unspecified atom stereocenters. The fourth-order valence-corrected chi connectivity index (χ4v) is 3.56. The highest BCUT2D eigenvalue weighted by Gasteiger charge is 2.31. The third kappa shape index (κ3) is 4.83. The van der Waals surface area contributed by atoms with Crippen LogP contribution in [0, 0.1) is 17.2 Å². The van der Waals surface area contributed by atoms with Gasteiger partial charge in [-0.2, -0.15) is 5.26 Å². The van der Waals surface area contributed by atoms with Crippen molar-refractivity contribution >= 4 is 22.8 Å². The van der Waals surface area contributed by atoms with Gasteiger partial charge >= 0.3 is 5.97 Å². The topological polar surface area (TPSA) is 83.5 Å². The molecule has 0 aliphatic carbocycles. The molecule has 1 N–H and O–H groups in total. The molecule has 2 aromatic rings. The number of piperazine rings is 1. The van der Waals surface area contributed by atoms with Crippen LogP contribution in [0.3, 0.4) is 0 Å². The summed E-state index contributed by atoms with van der Waals surface area (Å²) in [5.41, 5.74) is 1.85. The Morgan fingerprint density at radius 3 is 2.41 bits per heavy atom. The Hall–Kier alpha value is -2.72. The maximum Gasteiger partial charge on any atom is 0.329 e. The Morgan fingerprint density at radius 1 is 1.21 bits per heavy atom. The van der Waals surface area contributed by atoms with E-state index in [1.54, 1.807) is 0 Å². The van der Waals surface area contributed by atoms with Gasteiger partial charge in [-0.1, -0.05) is 38.8 Å². The summed E-state index contributed by atoms with van der Waals surface area (Å²) < 4.78 is 5.51. The molecule has 1 aromatic heterocycles. The second-order valence-electron chi connectivity index (χ2n) is 7.74. The van der Waals surface area contributed by atoms with E-state index in [0.29, 0.717) is 29.6 Å². The number of rotatable bonds is 7. The normalized spacial score (nSPS) is 16.0. The fraction of sp³-hybridized carbons (Fsp3) is 0.545. The lowest BCUT2D eigenvalue weighted by atomic mass is 10.0. The minimum atomic E-state index is -1.08. The zero-order valence-corrected chi connectivity index (χ0v) is 17.5. The van der Waals surface area contributed by atoms with E-state index >= 15 is 0 Å². The molecule has 0 amide bonds. The summed E-state index contributed by atoms with van der Waals surface area (Å²) in [5, 5.41) is 9.83. The predicted octanol–water partition coefficient (Wildman–Crippen LogP) is 1.55. The van der Waals surface area contributed by atoms with Gasteiger partial charge in [0.1, 0.15) is 5.69 Å². The third-order valence-corrected chi connectivity index (χ3v) is 5.75. The Morgan fingerprint density at radius 2 is 1.83 bits per heavy atom. The molecule has 0 spiro atoms. The van der Waals surface area contributed by atoms with Crippen LogP contribution in [0.2, 0.25) is 0 Å². The van der Waals surface area contributed by atoms with Gasteiger partial charge in [0.05, 0.1) is 56.9 Å². The zero-order chi connectivity index (χ0) is 20.8. The van der Waals surface area contributed by atoms with E-state index in [4.69, 9.17) is 14.7 Å². The average Bonchev–Trinajstić information content (AvgIpc) is 2.75. The summed E-state index contributed by atoms with van der Waals surface area (Å²) in [7, 11) is 2.16. The fourth-order valence-electron chi connectivity index (χ4n) is 3.56. The number of quaternary nitrogens is 1. The molecule has 1 aliphatic rings. The molecule has 154 valence electrons. The van der Waals surface area contributed by atoms with E-state index in [0.717, 1.165) is 44.5 Å². The Kier molecular flexibility index (Phi) is 6.99. The molecular weight excluding hydrogens is 366 g/mol. The summed E-state index contributed by atoms with van der Waals surface area (Å²) in [6.45, 7) is 8.06. The number of esters is 1. The molecule has 0 radical (unpaired) electrons. The molecule has 0 saturated carbocycles. The third-order valence-electron chi connectivity index (χ3n) is 5.75. The van der Waals surface area contributed by atoms with E-state index in [2.05, 4.69) is 31.9 Å². The van der Waals surface area contributed by atoms with Gasteiger partial charge in [0, 0.05) is 0 Å². The van der Waals surface area contributed by atoms with Crippen LogP contribution in [0.1, 0.15) is 38.3 Å². The van der Waals surface area contributed by atoms with E-state index in [-0.39, 0.29) is 0 Å². The predicted molar refractivity (Wildman–Crippen MR) is 112 cm³/mol. The van der Waals surface area contributed by atoms with Crippen molar-refractivity contribution in [1.29, 1.82) is 5.26 Å². The van der Waals surface area contributed by atoms with Crippen LogP contribution in [0.15, 0.2) is 24.3 Å². The van der Waals surface area contributed by atoms with E-state index in [9.17, 15) is 10.1 Å². The van der Waals surface area contributed by atoms with Crippen molar-refractivity contribution in [2.75, 3.05) is 44.7 Å². The van der Waals surface area contributed by atoms with Crippen LogP contribution in [0.25, 0.3) is 11.0 Å². The van der Waals surface area contributed by atoms with Gasteiger partial charge in [-0.05, 0) is 18.1 Å². The highest BCUT2D eigenvalue weighted by atomic mass is 16.5. The van der Waals surface area contributed by atoms with Crippen molar-refractivity contribution in [2.45, 2.75) is 32.6 Å². The standard InChI is InChI=1S/C22H29N5O2/c1-4-16(5-2)15-29-22(28)17(14-23)20-21(27-12-10-26(3)11-13-27)25-19-9-7-6-8-18(19)24-20/h6-9,16-17H,4-5,10-13,15H2,1-3H3/p+1/t17-/m1/s1. The molecule has 1 atom stereocenters. The molecule has 29 heavy (non-hydrogen) atoms. The lowest BCUT2D eigenvalue weighted by Crippen LogP contribution is -3.12. The van der Waals surface area contributed by atoms with Gasteiger partial charge < -0.3 is 14.5 Å². The minimum absolute atomic E-state index is 0.307. The summed E-state index contributed by atoms with van der Waals surface area (Å²) in [4.78, 5) is 25.9. The van der Waals surface area contributed by atoms with Gasteiger partial charge in [0.2, 0.25) is 0 Å². The molecule has 1 aromatic carbocycles. The number of anilines is 1. The van der Waals surface area contributed by atoms with Gasteiger partial charge in [0.15, 0.2) is 11.7 Å². The van der Waals surface area contributed by atoms with Crippen LogP contribution in [-0.2, 0) is 9.53 Å². The van der Waals surface area contributed by atoms with E-state index < -0.39 is 11.9 Å². The molecule has 1 aliphatic heterocycles. The number of hydrogen-bond donors (Lipinski definition) is 1. The zero-order valence-electron chi connectivity index (χ0n) is 17.5. The lowest BCUT2D eigenvalue weighted by molar-refractivity contribution is -0.880. The van der Waals surface area contributed by atoms with Crippen LogP contribution < -0.4 is 9.80 Å². The second kappa shape index (κ2) is 9.66. The number of para-hydroxylation sites is 2. The number of fused-ring (bicyclic) bond motifs is 1. The number of likely N-dealkylation sites (N-methyl/N-ethyl adjacent to an activating group) is 1. The van der Waals surface area contributed by atoms with Crippen molar-refractivity contribution in [1.82, 2.24) is 9.97 Å². The van der Waals surface area contributed by atoms with Gasteiger partial charge in [-0.25, -0.2) is 9.97 Å². The largest absolute Gasteiger partial charge is 0.464 e. The van der Waals surface area contributed by atoms with Crippen molar-refractivity contribution in [3.05, 3.63) is 30.0 Å². The molecule has 2 heterocycles. The maximum absolute atomic E-state index is 12.8. The van der Waals surface area contributed by atoms with Crippen LogP contribution in [0.4, 0.5) is 5.82 Å². The Labute approximate surface area is 172 Å². The number of hydrogen-bond acceptors (Lipinski definition) is 6. The van der Waals surface area contributed by atoms with Gasteiger partial charge in [0.25, 0.3) is 0 Å². The number of nitrogens with zero attached hydrogens (tertiary/aromatic N) is 4. The Bertz CT molecular complexity index is 882. The van der Waals surface area contributed by atoms with Crippen molar-refractivity contribution in [3.8, 4) is 6.07 Å². The van der Waals surface area contributed by atoms with Crippen LogP contribution in [0.5, 0.6) is 0 Å². The summed E-state index contributed by atoms with van der Waals surface area (Å²) >= 11 is 0. The lowest BCUT2D eigenvalue weighted by Gasteiger charge is -2.32. The SMILES string of the molecule is CCC(CC)COC(=O)[C@H](C#N)c1nc2ccccc2nc1N1CC[NH+](C)CC1. The summed E-state index contributed by atoms with van der Waals surface area (Å²) in [6.07, 6.45) is 1.87. The number of benzene rings is 1. The van der Waals surface area contributed by atoms with Crippen molar-refractivity contribution < 1.29 is 14.4 Å². The summed E-state index contributed by atoms with van der Waals surface area (Å²) in [6, 6.07) is 9.68. The second-order valence-corrected chi connectivity index (χ2v) is 7.74.